The van der Waals surface area contributed by atoms with Crippen molar-refractivity contribution < 1.29 is 0 Å². The predicted molar refractivity (Wildman–Crippen MR) is 51.7 cm³/mol. The molecule has 0 bridgehead atoms. The molecule has 2 aliphatic rings. The third-order valence-electron chi connectivity index (χ3n) is 2.96. The number of fused-ring (bicyclic) bond motifs is 1. The lowest BCUT2D eigenvalue weighted by Gasteiger charge is -2.24. The van der Waals surface area contributed by atoms with Crippen molar-refractivity contribution in [2.75, 3.05) is 0 Å². The van der Waals surface area contributed by atoms with Crippen LogP contribution >= 0.6 is 0 Å². The maximum Gasteiger partial charge on any atom is 0.0307 e. The summed E-state index contributed by atoms with van der Waals surface area (Å²) in [5, 5.41) is 7.96. The Hall–Kier alpha value is -0.660. The lowest BCUT2D eigenvalue weighted by atomic mass is 9.83. The van der Waals surface area contributed by atoms with Crippen molar-refractivity contribution in [3.05, 3.63) is 0 Å². The Morgan fingerprint density at radius 3 is 1.75 bits per heavy atom. The van der Waals surface area contributed by atoms with E-state index in [4.69, 9.17) is 0 Å². The third kappa shape index (κ3) is 1.74. The molecule has 2 rings (SSSR count). The fourth-order valence-corrected chi connectivity index (χ4v) is 2.16. The average Bonchev–Trinajstić information content (AvgIpc) is 2.06. The predicted octanol–water partition coefficient (Wildman–Crippen LogP) is 2.64. The van der Waals surface area contributed by atoms with Gasteiger partial charge in [0.15, 0.2) is 0 Å². The summed E-state index contributed by atoms with van der Waals surface area (Å²) in [4.78, 5) is 0. The van der Waals surface area contributed by atoms with E-state index in [1.165, 1.54) is 38.5 Å². The summed E-state index contributed by atoms with van der Waals surface area (Å²) < 4.78 is 0. The molecule has 0 saturated heterocycles. The molecule has 2 atom stereocenters. The van der Waals surface area contributed by atoms with Crippen molar-refractivity contribution in [2.24, 2.45) is 22.0 Å². The van der Waals surface area contributed by atoms with E-state index in [0.717, 1.165) is 0 Å². The molecule has 1 aliphatic heterocycles. The Kier molecular flexibility index (Phi) is 2.54. The molecule has 0 radical (unpaired) electrons. The largest absolute Gasteiger partial charge is 0.164 e. The van der Waals surface area contributed by atoms with Gasteiger partial charge in [-0.3, -0.25) is 0 Å². The first-order valence-corrected chi connectivity index (χ1v) is 5.03. The molecule has 66 valence electrons. The SMILES string of the molecule is C1=NN=CC2CCCCCCC12. The van der Waals surface area contributed by atoms with E-state index in [-0.39, 0.29) is 0 Å². The Morgan fingerprint density at radius 2 is 1.25 bits per heavy atom. The molecule has 2 unspecified atom stereocenters. The molecule has 2 heteroatoms. The van der Waals surface area contributed by atoms with E-state index in [9.17, 15) is 0 Å². The van der Waals surface area contributed by atoms with Crippen molar-refractivity contribution in [1.82, 2.24) is 0 Å². The Balaban J connectivity index is 2.00. The van der Waals surface area contributed by atoms with Gasteiger partial charge in [-0.25, -0.2) is 0 Å². The first kappa shape index (κ1) is 7.96. The van der Waals surface area contributed by atoms with Crippen LogP contribution in [0.4, 0.5) is 0 Å². The highest BCUT2D eigenvalue weighted by Gasteiger charge is 2.21. The van der Waals surface area contributed by atoms with Gasteiger partial charge in [-0.15, -0.1) is 0 Å². The lowest BCUT2D eigenvalue weighted by Crippen LogP contribution is -2.21. The van der Waals surface area contributed by atoms with Crippen LogP contribution in [-0.2, 0) is 0 Å². The first-order chi connectivity index (χ1) is 5.97. The lowest BCUT2D eigenvalue weighted by molar-refractivity contribution is 0.402. The third-order valence-corrected chi connectivity index (χ3v) is 2.96. The smallest absolute Gasteiger partial charge is 0.0307 e. The maximum absolute atomic E-state index is 3.98. The summed E-state index contributed by atoms with van der Waals surface area (Å²) in [5.74, 6) is 1.39. The highest BCUT2D eigenvalue weighted by Crippen LogP contribution is 2.27. The van der Waals surface area contributed by atoms with Crippen molar-refractivity contribution in [3.8, 4) is 0 Å². The standard InChI is InChI=1S/C10H16N2/c1-2-4-6-10-8-12-11-7-9(10)5-3-1/h7-10H,1-6H2. The molecule has 0 spiro atoms. The molecule has 1 fully saturated rings. The van der Waals surface area contributed by atoms with Crippen molar-refractivity contribution in [3.63, 3.8) is 0 Å². The van der Waals surface area contributed by atoms with Crippen LogP contribution in [0.25, 0.3) is 0 Å². The van der Waals surface area contributed by atoms with Crippen molar-refractivity contribution >= 4 is 12.4 Å². The molecular weight excluding hydrogens is 148 g/mol. The van der Waals surface area contributed by atoms with E-state index in [1.807, 2.05) is 0 Å². The van der Waals surface area contributed by atoms with Crippen LogP contribution in [0, 0.1) is 11.8 Å². The monoisotopic (exact) mass is 164 g/mol. The van der Waals surface area contributed by atoms with E-state index in [2.05, 4.69) is 22.6 Å². The highest BCUT2D eigenvalue weighted by atomic mass is 15.2. The first-order valence-electron chi connectivity index (χ1n) is 5.03. The average molecular weight is 164 g/mol. The maximum atomic E-state index is 3.98. The second-order valence-corrected chi connectivity index (χ2v) is 3.85. The molecule has 1 saturated carbocycles. The van der Waals surface area contributed by atoms with Gasteiger partial charge < -0.3 is 0 Å². The number of hydrogen-bond acceptors (Lipinski definition) is 2. The van der Waals surface area contributed by atoms with Crippen LogP contribution in [0.5, 0.6) is 0 Å². The zero-order chi connectivity index (χ0) is 8.23. The fraction of sp³-hybridized carbons (Fsp3) is 0.800. The van der Waals surface area contributed by atoms with E-state index in [1.54, 1.807) is 0 Å². The normalized spacial score (nSPS) is 35.3. The van der Waals surface area contributed by atoms with E-state index in [0.29, 0.717) is 11.8 Å². The van der Waals surface area contributed by atoms with Gasteiger partial charge in [0.05, 0.1) is 0 Å². The van der Waals surface area contributed by atoms with Gasteiger partial charge in [0.25, 0.3) is 0 Å². The zero-order valence-corrected chi connectivity index (χ0v) is 7.45. The summed E-state index contributed by atoms with van der Waals surface area (Å²) in [6.07, 6.45) is 12.3. The molecule has 1 aliphatic carbocycles. The van der Waals surface area contributed by atoms with Crippen LogP contribution in [0.1, 0.15) is 38.5 Å². The summed E-state index contributed by atoms with van der Waals surface area (Å²) in [6.45, 7) is 0. The van der Waals surface area contributed by atoms with Gasteiger partial charge in [-0.1, -0.05) is 25.7 Å². The zero-order valence-electron chi connectivity index (χ0n) is 7.45. The summed E-state index contributed by atoms with van der Waals surface area (Å²) in [6, 6.07) is 0. The van der Waals surface area contributed by atoms with Gasteiger partial charge in [-0.05, 0) is 12.8 Å². The summed E-state index contributed by atoms with van der Waals surface area (Å²) in [5.41, 5.74) is 0. The molecule has 0 aromatic heterocycles. The van der Waals surface area contributed by atoms with Crippen LogP contribution in [-0.4, -0.2) is 12.4 Å². The van der Waals surface area contributed by atoms with Crippen LogP contribution in [0.15, 0.2) is 10.2 Å². The van der Waals surface area contributed by atoms with E-state index < -0.39 is 0 Å². The molecular formula is C10H16N2. The molecule has 2 nitrogen and oxygen atoms in total. The highest BCUT2D eigenvalue weighted by molar-refractivity contribution is 5.74. The minimum absolute atomic E-state index is 0.697. The fourth-order valence-electron chi connectivity index (χ4n) is 2.16. The minimum atomic E-state index is 0.697. The topological polar surface area (TPSA) is 24.7 Å². The Morgan fingerprint density at radius 1 is 0.750 bits per heavy atom. The number of hydrogen-bond donors (Lipinski definition) is 0. The van der Waals surface area contributed by atoms with Gasteiger partial charge in [0, 0.05) is 24.3 Å². The molecule has 0 aromatic carbocycles. The Bertz CT molecular complexity index is 174. The Labute approximate surface area is 73.8 Å². The van der Waals surface area contributed by atoms with E-state index >= 15 is 0 Å². The van der Waals surface area contributed by atoms with Crippen LogP contribution < -0.4 is 0 Å². The molecule has 0 amide bonds. The van der Waals surface area contributed by atoms with Crippen LogP contribution in [0.3, 0.4) is 0 Å². The van der Waals surface area contributed by atoms with Crippen molar-refractivity contribution in [2.45, 2.75) is 38.5 Å². The van der Waals surface area contributed by atoms with Gasteiger partial charge >= 0.3 is 0 Å². The summed E-state index contributed by atoms with van der Waals surface area (Å²) >= 11 is 0. The molecule has 1 heterocycles. The molecule has 12 heavy (non-hydrogen) atoms. The van der Waals surface area contributed by atoms with Gasteiger partial charge in [0.2, 0.25) is 0 Å². The van der Waals surface area contributed by atoms with Gasteiger partial charge in [0.1, 0.15) is 0 Å². The molecule has 0 N–H and O–H groups in total. The van der Waals surface area contributed by atoms with Gasteiger partial charge in [-0.2, -0.15) is 10.2 Å². The number of rotatable bonds is 0. The minimum Gasteiger partial charge on any atom is -0.164 e. The number of nitrogens with zero attached hydrogens (tertiary/aromatic N) is 2. The molecule has 0 aromatic rings. The second kappa shape index (κ2) is 3.83. The second-order valence-electron chi connectivity index (χ2n) is 3.85. The van der Waals surface area contributed by atoms with Crippen molar-refractivity contribution in [1.29, 1.82) is 0 Å². The van der Waals surface area contributed by atoms with Crippen LogP contribution in [0.2, 0.25) is 0 Å². The quantitative estimate of drug-likeness (QED) is 0.526. The summed E-state index contributed by atoms with van der Waals surface area (Å²) in [7, 11) is 0.